The van der Waals surface area contributed by atoms with Crippen LogP contribution >= 0.6 is 45.9 Å². The molecule has 42 heavy (non-hydrogen) atoms. The summed E-state index contributed by atoms with van der Waals surface area (Å²) >= 11 is 14.5. The minimum Gasteiger partial charge on any atom is -0.465 e. The number of carbonyl (C=O) groups is 3. The van der Waals surface area contributed by atoms with Crippen molar-refractivity contribution in [1.29, 1.82) is 0 Å². The van der Waals surface area contributed by atoms with Gasteiger partial charge in [0.15, 0.2) is 0 Å². The number of ether oxygens (including phenoxy) is 2. The molecule has 0 saturated heterocycles. The largest absolute Gasteiger partial charge is 0.465 e. The van der Waals surface area contributed by atoms with Gasteiger partial charge in [-0.1, -0.05) is 83.9 Å². The summed E-state index contributed by atoms with van der Waals surface area (Å²) in [6.07, 6.45) is 0. The number of carbonyl (C=O) groups excluding carboxylic acids is 3. The SMILES string of the molecule is COC(=O)c1sc(-c2ccccc2)cc1N.COC(=O)c1sc(-c2ccccc2)cc1NC(=O)c1ccc(Cl)cc1Cl. The Morgan fingerprint density at radius 3 is 1.79 bits per heavy atom. The maximum Gasteiger partial charge on any atom is 0.350 e. The molecule has 0 unspecified atom stereocenters. The predicted molar refractivity (Wildman–Crippen MR) is 171 cm³/mol. The fraction of sp³-hybridized carbons (Fsp3) is 0.0645. The Hall–Kier alpha value is -4.15. The molecule has 5 rings (SSSR count). The lowest BCUT2D eigenvalue weighted by Gasteiger charge is -2.07. The highest BCUT2D eigenvalue weighted by molar-refractivity contribution is 7.18. The lowest BCUT2D eigenvalue weighted by atomic mass is 10.1. The standard InChI is InChI=1S/C19H13Cl2NO3S.C12H11NO2S/c1-25-19(24)17-15(10-16(26-17)11-5-3-2-4-6-11)22-18(23)13-8-7-12(20)9-14(13)21;1-15-12(14)11-9(13)7-10(16-11)8-5-3-2-4-6-8/h2-10H,1H3,(H,22,23);2-7H,13H2,1H3. The molecule has 7 nitrogen and oxygen atoms in total. The number of esters is 2. The molecule has 0 bridgehead atoms. The second-order valence-corrected chi connectivity index (χ2v) is 11.5. The van der Waals surface area contributed by atoms with Crippen LogP contribution in [0.25, 0.3) is 20.9 Å². The third-order valence-corrected chi connectivity index (χ3v) is 8.67. The highest BCUT2D eigenvalue weighted by atomic mass is 35.5. The van der Waals surface area contributed by atoms with E-state index in [-0.39, 0.29) is 16.6 Å². The number of rotatable bonds is 6. The Kier molecular flexibility index (Phi) is 10.4. The minimum atomic E-state index is -0.519. The van der Waals surface area contributed by atoms with Gasteiger partial charge in [0.2, 0.25) is 0 Å². The first-order valence-electron chi connectivity index (χ1n) is 12.3. The molecule has 0 aliphatic rings. The Morgan fingerprint density at radius 2 is 1.24 bits per heavy atom. The van der Waals surface area contributed by atoms with Crippen molar-refractivity contribution < 1.29 is 23.9 Å². The van der Waals surface area contributed by atoms with Crippen molar-refractivity contribution in [3.8, 4) is 20.9 Å². The van der Waals surface area contributed by atoms with Crippen LogP contribution in [0.2, 0.25) is 10.0 Å². The summed E-state index contributed by atoms with van der Waals surface area (Å²) in [4.78, 5) is 38.6. The summed E-state index contributed by atoms with van der Waals surface area (Å²) in [5.74, 6) is -1.34. The van der Waals surface area contributed by atoms with Gasteiger partial charge in [-0.25, -0.2) is 9.59 Å². The van der Waals surface area contributed by atoms with Crippen molar-refractivity contribution in [3.63, 3.8) is 0 Å². The van der Waals surface area contributed by atoms with Crippen LogP contribution in [0.5, 0.6) is 0 Å². The summed E-state index contributed by atoms with van der Waals surface area (Å²) in [5.41, 5.74) is 8.86. The Balaban J connectivity index is 0.000000216. The quantitative estimate of drug-likeness (QED) is 0.180. The van der Waals surface area contributed by atoms with Gasteiger partial charge in [-0.05, 0) is 41.5 Å². The molecule has 0 spiro atoms. The van der Waals surface area contributed by atoms with Gasteiger partial charge >= 0.3 is 11.9 Å². The third-order valence-electron chi connectivity index (χ3n) is 5.78. The molecule has 3 N–H and O–H groups in total. The summed E-state index contributed by atoms with van der Waals surface area (Å²) in [7, 11) is 2.65. The third kappa shape index (κ3) is 7.37. The van der Waals surface area contributed by atoms with Gasteiger partial charge in [0.05, 0.1) is 36.2 Å². The highest BCUT2D eigenvalue weighted by Crippen LogP contribution is 2.36. The van der Waals surface area contributed by atoms with E-state index in [4.69, 9.17) is 33.7 Å². The van der Waals surface area contributed by atoms with Crippen LogP contribution in [0, 0.1) is 0 Å². The number of halogens is 2. The van der Waals surface area contributed by atoms with E-state index in [0.717, 1.165) is 20.9 Å². The molecule has 0 aliphatic carbocycles. The first-order chi connectivity index (χ1) is 20.2. The number of thiophene rings is 2. The lowest BCUT2D eigenvalue weighted by Crippen LogP contribution is -2.14. The van der Waals surface area contributed by atoms with Crippen molar-refractivity contribution in [2.45, 2.75) is 0 Å². The van der Waals surface area contributed by atoms with Gasteiger partial charge in [-0.3, -0.25) is 4.79 Å². The van der Waals surface area contributed by atoms with Gasteiger partial charge in [0.1, 0.15) is 9.75 Å². The number of nitrogen functional groups attached to an aromatic ring is 1. The maximum atomic E-state index is 12.6. The van der Waals surface area contributed by atoms with E-state index in [1.807, 2.05) is 60.7 Å². The molecule has 3 aromatic carbocycles. The molecule has 2 heterocycles. The topological polar surface area (TPSA) is 108 Å². The molecule has 0 aliphatic heterocycles. The maximum absolute atomic E-state index is 12.6. The Labute approximate surface area is 260 Å². The smallest absolute Gasteiger partial charge is 0.350 e. The van der Waals surface area contributed by atoms with Crippen molar-refractivity contribution in [1.82, 2.24) is 0 Å². The minimum absolute atomic E-state index is 0.230. The molecule has 11 heteroatoms. The van der Waals surface area contributed by atoms with Gasteiger partial charge in [-0.2, -0.15) is 0 Å². The van der Waals surface area contributed by atoms with Gasteiger partial charge < -0.3 is 20.5 Å². The van der Waals surface area contributed by atoms with Crippen molar-refractivity contribution in [2.24, 2.45) is 0 Å². The molecule has 214 valence electrons. The van der Waals surface area contributed by atoms with Crippen LogP contribution in [-0.2, 0) is 9.47 Å². The van der Waals surface area contributed by atoms with E-state index in [9.17, 15) is 14.4 Å². The number of hydrogen-bond acceptors (Lipinski definition) is 8. The molecule has 0 atom stereocenters. The van der Waals surface area contributed by atoms with Gasteiger partial charge in [0.25, 0.3) is 5.91 Å². The van der Waals surface area contributed by atoms with Crippen LogP contribution in [-0.4, -0.2) is 32.1 Å². The monoisotopic (exact) mass is 638 g/mol. The predicted octanol–water partition coefficient (Wildman–Crippen LogP) is 8.54. The number of benzene rings is 3. The number of amides is 1. The van der Waals surface area contributed by atoms with Crippen molar-refractivity contribution in [2.75, 3.05) is 25.3 Å². The number of nitrogens with two attached hydrogens (primary N) is 1. The van der Waals surface area contributed by atoms with E-state index in [1.165, 1.54) is 49.0 Å². The van der Waals surface area contributed by atoms with E-state index < -0.39 is 11.9 Å². The fourth-order valence-corrected chi connectivity index (χ4v) is 6.27. The van der Waals surface area contributed by atoms with E-state index in [0.29, 0.717) is 26.2 Å². The Morgan fingerprint density at radius 1 is 0.714 bits per heavy atom. The average molecular weight is 640 g/mol. The second kappa shape index (κ2) is 14.2. The average Bonchev–Trinajstić information content (AvgIpc) is 3.61. The molecule has 2 aromatic heterocycles. The summed E-state index contributed by atoms with van der Waals surface area (Å²) in [6, 6.07) is 27.5. The van der Waals surface area contributed by atoms with Crippen LogP contribution in [0.3, 0.4) is 0 Å². The summed E-state index contributed by atoms with van der Waals surface area (Å²) in [5, 5.41) is 3.40. The van der Waals surface area contributed by atoms with E-state index >= 15 is 0 Å². The second-order valence-electron chi connectivity index (χ2n) is 8.54. The molecule has 0 radical (unpaired) electrons. The van der Waals surface area contributed by atoms with Crippen LogP contribution in [0.1, 0.15) is 29.7 Å². The van der Waals surface area contributed by atoms with Crippen LogP contribution in [0.4, 0.5) is 11.4 Å². The first-order valence-corrected chi connectivity index (χ1v) is 14.7. The molecule has 0 saturated carbocycles. The number of hydrogen-bond donors (Lipinski definition) is 2. The van der Waals surface area contributed by atoms with Crippen molar-refractivity contribution >= 4 is 75.1 Å². The molecule has 0 fully saturated rings. The lowest BCUT2D eigenvalue weighted by molar-refractivity contribution is 0.0598. The number of nitrogens with one attached hydrogen (secondary N) is 1. The molecule has 5 aromatic rings. The van der Waals surface area contributed by atoms with Gasteiger partial charge in [0, 0.05) is 14.8 Å². The van der Waals surface area contributed by atoms with Crippen molar-refractivity contribution in [3.05, 3.63) is 116 Å². The normalized spacial score (nSPS) is 10.3. The zero-order valence-corrected chi connectivity index (χ0v) is 25.5. The summed E-state index contributed by atoms with van der Waals surface area (Å²) < 4.78 is 9.49. The van der Waals surface area contributed by atoms with E-state index in [1.54, 1.807) is 18.2 Å². The number of methoxy groups -OCH3 is 2. The van der Waals surface area contributed by atoms with Crippen LogP contribution in [0.15, 0.2) is 91.0 Å². The summed E-state index contributed by atoms with van der Waals surface area (Å²) in [6.45, 7) is 0. The van der Waals surface area contributed by atoms with Crippen LogP contribution < -0.4 is 11.1 Å². The van der Waals surface area contributed by atoms with E-state index in [2.05, 4.69) is 10.1 Å². The highest BCUT2D eigenvalue weighted by Gasteiger charge is 2.21. The fourth-order valence-electron chi connectivity index (χ4n) is 3.74. The molecule has 1 amide bonds. The van der Waals surface area contributed by atoms with Gasteiger partial charge in [-0.15, -0.1) is 22.7 Å². The zero-order valence-electron chi connectivity index (χ0n) is 22.4. The number of anilines is 2. The first kappa shape index (κ1) is 30.8. The Bertz CT molecular complexity index is 1720. The molecular formula is C31H24Cl2N2O5S2. The zero-order chi connectivity index (χ0) is 30.2. The molecular weight excluding hydrogens is 615 g/mol.